The number of rotatable bonds is 7. The molecule has 4 rings (SSSR count). The van der Waals surface area contributed by atoms with Gasteiger partial charge in [-0.15, -0.1) is 0 Å². The van der Waals surface area contributed by atoms with E-state index >= 15 is 0 Å². The first-order valence-corrected chi connectivity index (χ1v) is 12.4. The summed E-state index contributed by atoms with van der Waals surface area (Å²) in [6, 6.07) is 16.6. The minimum absolute atomic E-state index is 0.246. The maximum Gasteiger partial charge on any atom is 0.282 e. The van der Waals surface area contributed by atoms with Crippen LogP contribution in [0.3, 0.4) is 0 Å². The number of aromatic nitrogens is 2. The van der Waals surface area contributed by atoms with E-state index in [1.165, 1.54) is 4.68 Å². The van der Waals surface area contributed by atoms with Crippen LogP contribution in [0.5, 0.6) is 11.5 Å². The summed E-state index contributed by atoms with van der Waals surface area (Å²) in [7, 11) is 0. The number of hydrogen-bond acceptors (Lipinski definition) is 5. The minimum Gasteiger partial charge on any atom is -0.490 e. The summed E-state index contributed by atoms with van der Waals surface area (Å²) in [5.41, 5.74) is 1.97. The van der Waals surface area contributed by atoms with Crippen molar-refractivity contribution in [2.24, 2.45) is 5.10 Å². The third kappa shape index (κ3) is 5.35. The van der Waals surface area contributed by atoms with Gasteiger partial charge in [-0.25, -0.2) is 4.98 Å². The van der Waals surface area contributed by atoms with Crippen LogP contribution in [0.4, 0.5) is 0 Å². The average Bonchev–Trinajstić information content (AvgIpc) is 2.80. The molecule has 0 saturated heterocycles. The number of nitrogens with zero attached hydrogens (tertiary/aromatic N) is 3. The van der Waals surface area contributed by atoms with Gasteiger partial charge in [0.1, 0.15) is 12.4 Å². The first-order valence-electron chi connectivity index (χ1n) is 10.4. The maximum atomic E-state index is 13.0. The smallest absolute Gasteiger partial charge is 0.282 e. The first kappa shape index (κ1) is 24.4. The van der Waals surface area contributed by atoms with Gasteiger partial charge in [0.05, 0.1) is 28.2 Å². The molecule has 0 aliphatic rings. The topological polar surface area (TPSA) is 65.7 Å². The van der Waals surface area contributed by atoms with Crippen LogP contribution >= 0.6 is 43.5 Å². The molecule has 0 aliphatic carbocycles. The van der Waals surface area contributed by atoms with Gasteiger partial charge < -0.3 is 9.47 Å². The number of hydrogen-bond donors (Lipinski definition) is 0. The molecule has 0 aliphatic heterocycles. The van der Waals surface area contributed by atoms with E-state index in [1.54, 1.807) is 25.3 Å². The van der Waals surface area contributed by atoms with Crippen molar-refractivity contribution >= 4 is 60.6 Å². The molecule has 0 unspecified atom stereocenters. The number of benzene rings is 3. The molecule has 0 atom stereocenters. The van der Waals surface area contributed by atoms with Crippen molar-refractivity contribution in [1.82, 2.24) is 9.66 Å². The Morgan fingerprint density at radius 3 is 2.68 bits per heavy atom. The van der Waals surface area contributed by atoms with Crippen molar-refractivity contribution in [2.45, 2.75) is 20.5 Å². The number of fused-ring (bicyclic) bond motifs is 1. The second-order valence-electron chi connectivity index (χ2n) is 7.33. The molecule has 0 bridgehead atoms. The summed E-state index contributed by atoms with van der Waals surface area (Å²) in [5.74, 6) is 1.60. The molecule has 0 spiro atoms. The predicted molar refractivity (Wildman–Crippen MR) is 143 cm³/mol. The van der Waals surface area contributed by atoms with E-state index < -0.39 is 0 Å². The molecule has 0 amide bonds. The zero-order valence-corrected chi connectivity index (χ0v) is 22.3. The molecule has 1 aromatic heterocycles. The van der Waals surface area contributed by atoms with Crippen molar-refractivity contribution in [1.29, 1.82) is 0 Å². The van der Waals surface area contributed by atoms with E-state index in [9.17, 15) is 4.79 Å². The fraction of sp³-hybridized carbons (Fsp3) is 0.160. The molecule has 0 saturated carbocycles. The Bertz CT molecular complexity index is 1450. The lowest BCUT2D eigenvalue weighted by atomic mass is 10.2. The van der Waals surface area contributed by atoms with Crippen LogP contribution in [0.15, 0.2) is 73.4 Å². The number of halogens is 3. The van der Waals surface area contributed by atoms with Crippen molar-refractivity contribution in [3.63, 3.8) is 0 Å². The summed E-state index contributed by atoms with van der Waals surface area (Å²) < 4.78 is 14.6. The quantitative estimate of drug-likeness (QED) is 0.219. The van der Waals surface area contributed by atoms with E-state index in [1.807, 2.05) is 49.4 Å². The highest BCUT2D eigenvalue weighted by molar-refractivity contribution is 9.10. The van der Waals surface area contributed by atoms with Gasteiger partial charge in [0, 0.05) is 15.1 Å². The highest BCUT2D eigenvalue weighted by Crippen LogP contribution is 2.37. The van der Waals surface area contributed by atoms with Gasteiger partial charge in [-0.3, -0.25) is 4.79 Å². The normalized spacial score (nSPS) is 11.3. The standard InChI is InChI=1S/C25H20Br2ClN3O3/c1-3-33-23-11-16(10-20(27)24(23)34-14-17-6-4-5-7-21(17)28)13-29-31-15(2)30-22-9-8-18(26)12-19(22)25(31)32/h4-13H,3,14H2,1-2H3. The molecule has 0 fully saturated rings. The minimum atomic E-state index is -0.246. The lowest BCUT2D eigenvalue weighted by molar-refractivity contribution is 0.267. The molecule has 9 heteroatoms. The second-order valence-corrected chi connectivity index (χ2v) is 9.50. The zero-order chi connectivity index (χ0) is 24.2. The van der Waals surface area contributed by atoms with E-state index in [2.05, 4.69) is 41.9 Å². The number of ether oxygens (including phenoxy) is 2. The van der Waals surface area contributed by atoms with E-state index in [0.29, 0.717) is 50.9 Å². The maximum absolute atomic E-state index is 13.0. The fourth-order valence-corrected chi connectivity index (χ4v) is 4.48. The van der Waals surface area contributed by atoms with Gasteiger partial charge >= 0.3 is 0 Å². The summed E-state index contributed by atoms with van der Waals surface area (Å²) in [5, 5.41) is 5.52. The Labute approximate surface area is 218 Å². The summed E-state index contributed by atoms with van der Waals surface area (Å²) in [6.45, 7) is 4.39. The molecule has 174 valence electrons. The number of aryl methyl sites for hydroxylation is 1. The molecule has 4 aromatic rings. The molecule has 1 heterocycles. The molecule has 0 radical (unpaired) electrons. The van der Waals surface area contributed by atoms with Crippen LogP contribution in [-0.2, 0) is 6.61 Å². The Kier molecular flexibility index (Phi) is 7.70. The largest absolute Gasteiger partial charge is 0.490 e. The fourth-order valence-electron chi connectivity index (χ4n) is 3.35. The summed E-state index contributed by atoms with van der Waals surface area (Å²) >= 11 is 13.2. The second kappa shape index (κ2) is 10.7. The van der Waals surface area contributed by atoms with E-state index in [-0.39, 0.29) is 5.56 Å². The molecule has 6 nitrogen and oxygen atoms in total. The summed E-state index contributed by atoms with van der Waals surface area (Å²) in [4.78, 5) is 17.5. The van der Waals surface area contributed by atoms with Crippen LogP contribution in [0, 0.1) is 6.92 Å². The van der Waals surface area contributed by atoms with Gasteiger partial charge in [0.25, 0.3) is 5.56 Å². The lowest BCUT2D eigenvalue weighted by Gasteiger charge is -2.15. The SMILES string of the molecule is CCOc1cc(C=Nn2c(C)nc3ccc(Br)cc3c2=O)cc(Br)c1OCc1ccccc1Cl. The predicted octanol–water partition coefficient (Wildman–Crippen LogP) is 6.74. The Balaban J connectivity index is 1.66. The van der Waals surface area contributed by atoms with Crippen LogP contribution in [0.2, 0.25) is 5.02 Å². The van der Waals surface area contributed by atoms with Crippen molar-refractivity contribution < 1.29 is 9.47 Å². The molecule has 0 N–H and O–H groups in total. The van der Waals surface area contributed by atoms with Crippen molar-refractivity contribution in [3.05, 3.63) is 95.9 Å². The monoisotopic (exact) mass is 603 g/mol. The molecular formula is C25H20Br2ClN3O3. The first-order chi connectivity index (χ1) is 16.4. The Morgan fingerprint density at radius 2 is 1.91 bits per heavy atom. The van der Waals surface area contributed by atoms with Crippen LogP contribution in [0.25, 0.3) is 10.9 Å². The highest BCUT2D eigenvalue weighted by Gasteiger charge is 2.14. The van der Waals surface area contributed by atoms with E-state index in [0.717, 1.165) is 15.6 Å². The van der Waals surface area contributed by atoms with Crippen molar-refractivity contribution in [3.8, 4) is 11.5 Å². The van der Waals surface area contributed by atoms with Crippen LogP contribution < -0.4 is 15.0 Å². The average molecular weight is 606 g/mol. The Morgan fingerprint density at radius 1 is 1.12 bits per heavy atom. The van der Waals surface area contributed by atoms with Crippen LogP contribution in [-0.4, -0.2) is 22.5 Å². The van der Waals surface area contributed by atoms with Crippen LogP contribution in [0.1, 0.15) is 23.9 Å². The van der Waals surface area contributed by atoms with Gasteiger partial charge in [-0.2, -0.15) is 9.78 Å². The van der Waals surface area contributed by atoms with Gasteiger partial charge in [0.2, 0.25) is 0 Å². The Hall–Kier alpha value is -2.68. The third-order valence-corrected chi connectivity index (χ3v) is 6.40. The third-order valence-electron chi connectivity index (χ3n) is 4.95. The molecule has 3 aromatic carbocycles. The summed E-state index contributed by atoms with van der Waals surface area (Å²) in [6.07, 6.45) is 1.59. The molecular weight excluding hydrogens is 586 g/mol. The molecule has 34 heavy (non-hydrogen) atoms. The van der Waals surface area contributed by atoms with Gasteiger partial charge in [-0.1, -0.05) is 45.7 Å². The van der Waals surface area contributed by atoms with E-state index in [4.69, 9.17) is 21.1 Å². The van der Waals surface area contributed by atoms with Gasteiger partial charge in [0.15, 0.2) is 11.5 Å². The highest BCUT2D eigenvalue weighted by atomic mass is 79.9. The van der Waals surface area contributed by atoms with Gasteiger partial charge in [-0.05, 0) is 71.7 Å². The zero-order valence-electron chi connectivity index (χ0n) is 18.4. The lowest BCUT2D eigenvalue weighted by Crippen LogP contribution is -2.20. The van der Waals surface area contributed by atoms with Crippen molar-refractivity contribution in [2.75, 3.05) is 6.61 Å².